The van der Waals surface area contributed by atoms with Crippen LogP contribution in [-0.2, 0) is 4.84 Å². The number of nitrogens with zero attached hydrogens (tertiary/aromatic N) is 2. The van der Waals surface area contributed by atoms with Crippen molar-refractivity contribution >= 4 is 11.7 Å². The van der Waals surface area contributed by atoms with E-state index in [0.717, 1.165) is 11.1 Å². The monoisotopic (exact) mass is 246 g/mol. The normalized spacial score (nSPS) is 17.3. The zero-order chi connectivity index (χ0) is 13.5. The van der Waals surface area contributed by atoms with Gasteiger partial charge in [0.15, 0.2) is 5.84 Å². The van der Waals surface area contributed by atoms with Gasteiger partial charge in [-0.05, 0) is 33.8 Å². The molecule has 1 aromatic carbocycles. The maximum absolute atomic E-state index is 12.5. The summed E-state index contributed by atoms with van der Waals surface area (Å²) in [6.07, 6.45) is 0. The lowest BCUT2D eigenvalue weighted by Gasteiger charge is -2.31. The van der Waals surface area contributed by atoms with Crippen molar-refractivity contribution in [1.29, 1.82) is 0 Å². The van der Waals surface area contributed by atoms with Crippen LogP contribution in [0.1, 0.15) is 42.3 Å². The second kappa shape index (κ2) is 4.12. The van der Waals surface area contributed by atoms with Gasteiger partial charge in [-0.25, -0.2) is 0 Å². The molecule has 1 aliphatic rings. The molecule has 0 aromatic heterocycles. The van der Waals surface area contributed by atoms with E-state index >= 15 is 0 Å². The van der Waals surface area contributed by atoms with Crippen LogP contribution in [0.5, 0.6) is 0 Å². The number of amides is 1. The second-order valence-electron chi connectivity index (χ2n) is 5.46. The standard InChI is InChI=1S/C14H18N2O2/c1-9-6-7-10-11(8-9)13(17)16(14(2,3)4)12(10)15-18-5/h6-8H,1-5H3/b15-12+. The van der Waals surface area contributed by atoms with Gasteiger partial charge in [0, 0.05) is 11.1 Å². The molecule has 2 rings (SSSR count). The van der Waals surface area contributed by atoms with E-state index in [-0.39, 0.29) is 11.4 Å². The molecule has 0 aliphatic carbocycles. The average Bonchev–Trinajstić information content (AvgIpc) is 2.52. The highest BCUT2D eigenvalue weighted by Gasteiger charge is 2.40. The molecule has 0 bridgehead atoms. The summed E-state index contributed by atoms with van der Waals surface area (Å²) in [5, 5.41) is 4.01. The van der Waals surface area contributed by atoms with E-state index in [1.165, 1.54) is 7.11 Å². The van der Waals surface area contributed by atoms with Crippen LogP contribution in [0.25, 0.3) is 0 Å². The van der Waals surface area contributed by atoms with Crippen LogP contribution in [0.3, 0.4) is 0 Å². The first kappa shape index (κ1) is 12.6. The number of amidine groups is 1. The highest BCUT2D eigenvalue weighted by molar-refractivity contribution is 6.23. The Hall–Kier alpha value is -1.84. The Kier molecular flexibility index (Phi) is 2.89. The number of oxime groups is 1. The smallest absolute Gasteiger partial charge is 0.260 e. The Labute approximate surface area is 107 Å². The molecule has 4 nitrogen and oxygen atoms in total. The minimum absolute atomic E-state index is 0.0167. The first-order valence-electron chi connectivity index (χ1n) is 5.93. The summed E-state index contributed by atoms with van der Waals surface area (Å²) in [5.74, 6) is 0.571. The van der Waals surface area contributed by atoms with Gasteiger partial charge in [0.2, 0.25) is 0 Å². The zero-order valence-electron chi connectivity index (χ0n) is 11.4. The lowest BCUT2D eigenvalue weighted by molar-refractivity contribution is 0.0756. The predicted octanol–water partition coefficient (Wildman–Crippen LogP) is 2.56. The summed E-state index contributed by atoms with van der Waals surface area (Å²) < 4.78 is 0. The minimum atomic E-state index is -0.332. The molecule has 1 aromatic rings. The number of aryl methyl sites for hydroxylation is 1. The number of carbonyl (C=O) groups is 1. The van der Waals surface area contributed by atoms with E-state index in [1.54, 1.807) is 4.90 Å². The van der Waals surface area contributed by atoms with Gasteiger partial charge in [0.25, 0.3) is 5.91 Å². The van der Waals surface area contributed by atoms with Crippen molar-refractivity contribution in [3.63, 3.8) is 0 Å². The van der Waals surface area contributed by atoms with Crippen LogP contribution in [0.2, 0.25) is 0 Å². The van der Waals surface area contributed by atoms with Gasteiger partial charge < -0.3 is 4.84 Å². The highest BCUT2D eigenvalue weighted by atomic mass is 16.6. The zero-order valence-corrected chi connectivity index (χ0v) is 11.4. The summed E-state index contributed by atoms with van der Waals surface area (Å²) in [5.41, 5.74) is 2.26. The number of hydrogen-bond acceptors (Lipinski definition) is 3. The van der Waals surface area contributed by atoms with Crippen LogP contribution >= 0.6 is 0 Å². The number of carbonyl (C=O) groups excluding carboxylic acids is 1. The van der Waals surface area contributed by atoms with Crippen LogP contribution in [0, 0.1) is 6.92 Å². The summed E-state index contributed by atoms with van der Waals surface area (Å²) in [7, 11) is 1.49. The van der Waals surface area contributed by atoms with Crippen molar-refractivity contribution < 1.29 is 9.63 Å². The molecule has 1 amide bonds. The highest BCUT2D eigenvalue weighted by Crippen LogP contribution is 2.30. The minimum Gasteiger partial charge on any atom is -0.397 e. The van der Waals surface area contributed by atoms with Gasteiger partial charge in [0.1, 0.15) is 7.11 Å². The summed E-state index contributed by atoms with van der Waals surface area (Å²) in [6.45, 7) is 7.92. The Bertz CT molecular complexity index is 527. The van der Waals surface area contributed by atoms with Crippen molar-refractivity contribution in [3.8, 4) is 0 Å². The molecule has 96 valence electrons. The van der Waals surface area contributed by atoms with Gasteiger partial charge in [-0.1, -0.05) is 22.9 Å². The Morgan fingerprint density at radius 3 is 2.44 bits per heavy atom. The van der Waals surface area contributed by atoms with Crippen LogP contribution in [0.15, 0.2) is 23.4 Å². The van der Waals surface area contributed by atoms with Gasteiger partial charge >= 0.3 is 0 Å². The maximum atomic E-state index is 12.5. The van der Waals surface area contributed by atoms with E-state index < -0.39 is 0 Å². The average molecular weight is 246 g/mol. The first-order chi connectivity index (χ1) is 8.36. The topological polar surface area (TPSA) is 41.9 Å². The lowest BCUT2D eigenvalue weighted by Crippen LogP contribution is -2.45. The molecule has 0 fully saturated rings. The van der Waals surface area contributed by atoms with Gasteiger partial charge in [-0.3, -0.25) is 9.69 Å². The largest absolute Gasteiger partial charge is 0.397 e. The molecule has 0 N–H and O–H groups in total. The lowest BCUT2D eigenvalue weighted by atomic mass is 10.1. The fraction of sp³-hybridized carbons (Fsp3) is 0.429. The molecule has 0 radical (unpaired) electrons. The van der Waals surface area contributed by atoms with Crippen molar-refractivity contribution in [1.82, 2.24) is 4.90 Å². The van der Waals surface area contributed by atoms with E-state index in [4.69, 9.17) is 4.84 Å². The summed E-state index contributed by atoms with van der Waals surface area (Å²) >= 11 is 0. The molecular formula is C14H18N2O2. The van der Waals surface area contributed by atoms with E-state index in [9.17, 15) is 4.79 Å². The van der Waals surface area contributed by atoms with Crippen LogP contribution < -0.4 is 0 Å². The molecule has 4 heteroatoms. The molecule has 1 aliphatic heterocycles. The van der Waals surface area contributed by atoms with Crippen molar-refractivity contribution in [2.45, 2.75) is 33.2 Å². The second-order valence-corrected chi connectivity index (χ2v) is 5.46. The Morgan fingerprint density at radius 1 is 1.22 bits per heavy atom. The number of hydrogen-bond donors (Lipinski definition) is 0. The molecule has 0 atom stereocenters. The molecule has 0 saturated heterocycles. The maximum Gasteiger partial charge on any atom is 0.260 e. The fourth-order valence-corrected chi connectivity index (χ4v) is 2.17. The van der Waals surface area contributed by atoms with Crippen molar-refractivity contribution in [3.05, 3.63) is 34.9 Å². The first-order valence-corrected chi connectivity index (χ1v) is 5.93. The Morgan fingerprint density at radius 2 is 1.89 bits per heavy atom. The van der Waals surface area contributed by atoms with E-state index in [1.807, 2.05) is 45.9 Å². The molecule has 0 spiro atoms. The van der Waals surface area contributed by atoms with Gasteiger partial charge in [0.05, 0.1) is 5.56 Å². The predicted molar refractivity (Wildman–Crippen MR) is 70.6 cm³/mol. The van der Waals surface area contributed by atoms with Crippen LogP contribution in [-0.4, -0.2) is 29.3 Å². The summed E-state index contributed by atoms with van der Waals surface area (Å²) in [6, 6.07) is 5.80. The van der Waals surface area contributed by atoms with E-state index in [2.05, 4.69) is 5.16 Å². The number of fused-ring (bicyclic) bond motifs is 1. The molecule has 18 heavy (non-hydrogen) atoms. The Balaban J connectivity index is 2.63. The van der Waals surface area contributed by atoms with Crippen LogP contribution in [0.4, 0.5) is 0 Å². The number of benzene rings is 1. The third-order valence-electron chi connectivity index (χ3n) is 2.91. The molecule has 0 saturated carbocycles. The van der Waals surface area contributed by atoms with Crippen molar-refractivity contribution in [2.75, 3.05) is 7.11 Å². The van der Waals surface area contributed by atoms with Crippen molar-refractivity contribution in [2.24, 2.45) is 5.16 Å². The third kappa shape index (κ3) is 1.88. The quantitative estimate of drug-likeness (QED) is 0.715. The third-order valence-corrected chi connectivity index (χ3v) is 2.91. The fourth-order valence-electron chi connectivity index (χ4n) is 2.17. The SMILES string of the molecule is CO/N=C1\c2ccc(C)cc2C(=O)N1C(C)(C)C. The number of rotatable bonds is 1. The van der Waals surface area contributed by atoms with Gasteiger partial charge in [-0.2, -0.15) is 0 Å². The van der Waals surface area contributed by atoms with Gasteiger partial charge in [-0.15, -0.1) is 0 Å². The van der Waals surface area contributed by atoms with E-state index in [0.29, 0.717) is 11.4 Å². The molecule has 1 heterocycles. The molecular weight excluding hydrogens is 228 g/mol. The summed E-state index contributed by atoms with van der Waals surface area (Å²) in [4.78, 5) is 19.0. The molecule has 0 unspecified atom stereocenters.